The molecular weight excluding hydrogens is 270 g/mol. The first-order valence-corrected chi connectivity index (χ1v) is 7.30. The molecule has 0 unspecified atom stereocenters. The molecule has 1 fully saturated rings. The van der Waals surface area contributed by atoms with Crippen molar-refractivity contribution >= 4 is 11.0 Å². The second-order valence-corrected chi connectivity index (χ2v) is 5.57. The third-order valence-electron chi connectivity index (χ3n) is 4.06. The Kier molecular flexibility index (Phi) is 3.89. The highest BCUT2D eigenvalue weighted by molar-refractivity contribution is 5.88. The number of aromatic hydroxyl groups is 1. The molecule has 0 saturated carbocycles. The van der Waals surface area contributed by atoms with Crippen molar-refractivity contribution in [2.24, 2.45) is 0 Å². The summed E-state index contributed by atoms with van der Waals surface area (Å²) in [7, 11) is 0. The molecule has 3 rings (SSSR count). The number of fused-ring (bicyclic) bond motifs is 1. The molecular formula is C16H21NO4. The number of phenolic OH excluding ortho intramolecular Hbond substituents is 1. The lowest BCUT2D eigenvalue weighted by molar-refractivity contribution is 0.0340. The first kappa shape index (κ1) is 14.4. The molecule has 114 valence electrons. The maximum atomic E-state index is 10.3. The van der Waals surface area contributed by atoms with Gasteiger partial charge in [-0.05, 0) is 26.0 Å². The molecule has 5 nitrogen and oxygen atoms in total. The van der Waals surface area contributed by atoms with Crippen LogP contribution in [0, 0.1) is 6.92 Å². The van der Waals surface area contributed by atoms with Crippen LogP contribution >= 0.6 is 0 Å². The minimum absolute atomic E-state index is 0.247. The van der Waals surface area contributed by atoms with E-state index in [9.17, 15) is 10.2 Å². The molecule has 0 radical (unpaired) electrons. The van der Waals surface area contributed by atoms with E-state index in [4.69, 9.17) is 9.15 Å². The summed E-state index contributed by atoms with van der Waals surface area (Å²) < 4.78 is 11.1. The van der Waals surface area contributed by atoms with E-state index in [-0.39, 0.29) is 5.75 Å². The number of ether oxygens (including phenoxy) is 1. The number of aliphatic hydroxyl groups is 1. The van der Waals surface area contributed by atoms with Gasteiger partial charge >= 0.3 is 0 Å². The van der Waals surface area contributed by atoms with Gasteiger partial charge in [0, 0.05) is 36.1 Å². The van der Waals surface area contributed by atoms with E-state index in [0.717, 1.165) is 29.6 Å². The van der Waals surface area contributed by atoms with Crippen LogP contribution in [0.1, 0.15) is 29.9 Å². The number of furan rings is 1. The lowest BCUT2D eigenvalue weighted by atomic mass is 10.00. The molecule has 2 aromatic rings. The molecule has 0 spiro atoms. The van der Waals surface area contributed by atoms with Crippen LogP contribution in [-0.2, 0) is 11.3 Å². The largest absolute Gasteiger partial charge is 0.508 e. The summed E-state index contributed by atoms with van der Waals surface area (Å²) in [6.45, 7) is 7.31. The van der Waals surface area contributed by atoms with Gasteiger partial charge in [0.05, 0.1) is 19.3 Å². The molecule has 1 aromatic heterocycles. The Morgan fingerprint density at radius 1 is 1.29 bits per heavy atom. The van der Waals surface area contributed by atoms with Gasteiger partial charge in [-0.3, -0.25) is 4.90 Å². The lowest BCUT2D eigenvalue weighted by Gasteiger charge is -2.27. The molecule has 1 aliphatic heterocycles. The van der Waals surface area contributed by atoms with Crippen LogP contribution in [0.15, 0.2) is 16.5 Å². The number of aryl methyl sites for hydroxylation is 1. The second kappa shape index (κ2) is 5.67. The zero-order valence-corrected chi connectivity index (χ0v) is 12.4. The van der Waals surface area contributed by atoms with Crippen molar-refractivity contribution < 1.29 is 19.4 Å². The molecule has 21 heavy (non-hydrogen) atoms. The zero-order valence-electron chi connectivity index (χ0n) is 12.4. The third-order valence-corrected chi connectivity index (χ3v) is 4.06. The number of rotatable bonds is 3. The normalized spacial score (nSPS) is 18.2. The fraction of sp³-hybridized carbons (Fsp3) is 0.500. The monoisotopic (exact) mass is 291 g/mol. The highest BCUT2D eigenvalue weighted by atomic mass is 16.5. The van der Waals surface area contributed by atoms with Gasteiger partial charge in [0.25, 0.3) is 0 Å². The van der Waals surface area contributed by atoms with E-state index >= 15 is 0 Å². The summed E-state index contributed by atoms with van der Waals surface area (Å²) in [5.74, 6) is 0.950. The van der Waals surface area contributed by atoms with Gasteiger partial charge in [0.15, 0.2) is 0 Å². The number of benzene rings is 1. The Bertz CT molecular complexity index is 641. The molecule has 1 aromatic carbocycles. The molecule has 1 aliphatic rings. The van der Waals surface area contributed by atoms with Crippen LogP contribution in [-0.4, -0.2) is 41.4 Å². The van der Waals surface area contributed by atoms with Crippen LogP contribution in [0.25, 0.3) is 11.0 Å². The number of aliphatic hydroxyl groups excluding tert-OH is 1. The topological polar surface area (TPSA) is 66.1 Å². The molecule has 0 amide bonds. The van der Waals surface area contributed by atoms with E-state index < -0.39 is 6.10 Å². The quantitative estimate of drug-likeness (QED) is 0.908. The van der Waals surface area contributed by atoms with Crippen LogP contribution in [0.2, 0.25) is 0 Å². The van der Waals surface area contributed by atoms with Gasteiger partial charge in [-0.2, -0.15) is 0 Å². The minimum atomic E-state index is -0.628. The Hall–Kier alpha value is -1.56. The summed E-state index contributed by atoms with van der Waals surface area (Å²) in [5, 5.41) is 21.2. The average molecular weight is 291 g/mol. The van der Waals surface area contributed by atoms with Gasteiger partial charge in [0.1, 0.15) is 17.1 Å². The number of nitrogens with zero attached hydrogens (tertiary/aromatic N) is 1. The number of hydrogen-bond acceptors (Lipinski definition) is 5. The maximum Gasteiger partial charge on any atom is 0.135 e. The maximum absolute atomic E-state index is 10.3. The van der Waals surface area contributed by atoms with E-state index in [1.165, 1.54) is 0 Å². The summed E-state index contributed by atoms with van der Waals surface area (Å²) in [5.41, 5.74) is 2.30. The Morgan fingerprint density at radius 3 is 2.67 bits per heavy atom. The Morgan fingerprint density at radius 2 is 2.00 bits per heavy atom. The van der Waals surface area contributed by atoms with Crippen molar-refractivity contribution in [2.45, 2.75) is 26.5 Å². The molecule has 0 bridgehead atoms. The average Bonchev–Trinajstić information content (AvgIpc) is 2.80. The van der Waals surface area contributed by atoms with E-state index in [0.29, 0.717) is 31.1 Å². The summed E-state index contributed by atoms with van der Waals surface area (Å²) in [6, 6.07) is 3.42. The zero-order chi connectivity index (χ0) is 15.0. The third kappa shape index (κ3) is 2.64. The molecule has 0 aliphatic carbocycles. The second-order valence-electron chi connectivity index (χ2n) is 5.57. The predicted octanol–water partition coefficient (Wildman–Crippen LogP) is 2.33. The lowest BCUT2D eigenvalue weighted by Crippen LogP contribution is -2.35. The van der Waals surface area contributed by atoms with Crippen LogP contribution in [0.3, 0.4) is 0 Å². The smallest absolute Gasteiger partial charge is 0.135 e. The van der Waals surface area contributed by atoms with Crippen LogP contribution < -0.4 is 0 Å². The van der Waals surface area contributed by atoms with Crippen LogP contribution in [0.5, 0.6) is 5.75 Å². The fourth-order valence-electron chi connectivity index (χ4n) is 3.04. The molecule has 5 heteroatoms. The van der Waals surface area contributed by atoms with Gasteiger partial charge in [-0.1, -0.05) is 0 Å². The van der Waals surface area contributed by atoms with Crippen molar-refractivity contribution in [3.63, 3.8) is 0 Å². The van der Waals surface area contributed by atoms with Gasteiger partial charge in [0.2, 0.25) is 0 Å². The SMILES string of the molecule is Cc1oc2ccc(O)c(CN3CCOCC3)c2c1[C@@H](C)O. The molecule has 1 atom stereocenters. The standard InChI is InChI=1S/C16H21NO4/c1-10(18)15-11(2)21-14-4-3-13(19)12(16(14)15)9-17-5-7-20-8-6-17/h3-4,10,18-19H,5-9H2,1-2H3/t10-/m1/s1. The van der Waals surface area contributed by atoms with E-state index in [2.05, 4.69) is 4.90 Å². The number of morpholine rings is 1. The predicted molar refractivity (Wildman–Crippen MR) is 79.3 cm³/mol. The van der Waals surface area contributed by atoms with Gasteiger partial charge in [-0.15, -0.1) is 0 Å². The highest BCUT2D eigenvalue weighted by Gasteiger charge is 2.22. The van der Waals surface area contributed by atoms with Crippen molar-refractivity contribution in [2.75, 3.05) is 26.3 Å². The van der Waals surface area contributed by atoms with Gasteiger partial charge in [-0.25, -0.2) is 0 Å². The summed E-state index contributed by atoms with van der Waals surface area (Å²) >= 11 is 0. The van der Waals surface area contributed by atoms with E-state index in [1.807, 2.05) is 6.92 Å². The van der Waals surface area contributed by atoms with Crippen molar-refractivity contribution in [3.8, 4) is 5.75 Å². The minimum Gasteiger partial charge on any atom is -0.508 e. The van der Waals surface area contributed by atoms with E-state index in [1.54, 1.807) is 19.1 Å². The first-order valence-electron chi connectivity index (χ1n) is 7.30. The van der Waals surface area contributed by atoms with Crippen LogP contribution in [0.4, 0.5) is 0 Å². The Labute approximate surface area is 123 Å². The van der Waals surface area contributed by atoms with Crippen molar-refractivity contribution in [3.05, 3.63) is 29.0 Å². The number of phenols is 1. The summed E-state index contributed by atoms with van der Waals surface area (Å²) in [6.07, 6.45) is -0.628. The molecule has 2 heterocycles. The van der Waals surface area contributed by atoms with Crippen molar-refractivity contribution in [1.82, 2.24) is 4.90 Å². The van der Waals surface area contributed by atoms with Gasteiger partial charge < -0.3 is 19.4 Å². The highest BCUT2D eigenvalue weighted by Crippen LogP contribution is 2.37. The van der Waals surface area contributed by atoms with Crippen molar-refractivity contribution in [1.29, 1.82) is 0 Å². The first-order chi connectivity index (χ1) is 10.1. The summed E-state index contributed by atoms with van der Waals surface area (Å²) in [4.78, 5) is 2.24. The molecule has 1 saturated heterocycles. The molecule has 2 N–H and O–H groups in total. The fourth-order valence-corrected chi connectivity index (χ4v) is 3.04. The Balaban J connectivity index is 2.08. The number of hydrogen-bond donors (Lipinski definition) is 2.